The zero-order valence-corrected chi connectivity index (χ0v) is 16.2. The highest BCUT2D eigenvalue weighted by Crippen LogP contribution is 2.29. The number of nitrogens with two attached hydrogens (primary N) is 1. The third kappa shape index (κ3) is 4.92. The second kappa shape index (κ2) is 8.95. The highest BCUT2D eigenvalue weighted by Gasteiger charge is 2.38. The van der Waals surface area contributed by atoms with E-state index in [1.807, 2.05) is 0 Å². The number of nitrogens with zero attached hydrogens (tertiary/aromatic N) is 1. The van der Waals surface area contributed by atoms with Crippen LogP contribution in [0.25, 0.3) is 0 Å². The molecule has 1 saturated heterocycles. The van der Waals surface area contributed by atoms with Crippen molar-refractivity contribution in [3.63, 3.8) is 0 Å². The molecule has 1 heterocycles. The predicted molar refractivity (Wildman–Crippen MR) is 97.9 cm³/mol. The maximum Gasteiger partial charge on any atom is 0.242 e. The second-order valence-electron chi connectivity index (χ2n) is 6.21. The van der Waals surface area contributed by atoms with E-state index in [2.05, 4.69) is 5.32 Å². The Kier molecular flexibility index (Phi) is 7.83. The number of rotatable bonds is 6. The first kappa shape index (κ1) is 21.9. The first-order valence-electron chi connectivity index (χ1n) is 7.89. The highest BCUT2D eigenvalue weighted by atomic mass is 35.5. The Bertz CT molecular complexity index is 671. The fourth-order valence-electron chi connectivity index (χ4n) is 2.65. The SMILES string of the molecule is CN(C)S(=O)(=O)c1ccc(CNC(=O)C2(CN)CCOCC2)cc1.Cl. The number of carbonyl (C=O) groups excluding carboxylic acids is 1. The number of ether oxygens (including phenoxy) is 1. The van der Waals surface area contributed by atoms with Crippen LogP contribution in [0.4, 0.5) is 0 Å². The number of hydrogen-bond donors (Lipinski definition) is 2. The first-order valence-corrected chi connectivity index (χ1v) is 9.33. The molecule has 1 aromatic carbocycles. The van der Waals surface area contributed by atoms with Crippen molar-refractivity contribution in [3.05, 3.63) is 29.8 Å². The topological polar surface area (TPSA) is 102 Å². The molecular formula is C16H26ClN3O4S. The number of amides is 1. The van der Waals surface area contributed by atoms with Gasteiger partial charge in [-0.25, -0.2) is 12.7 Å². The largest absolute Gasteiger partial charge is 0.381 e. The van der Waals surface area contributed by atoms with Crippen molar-refractivity contribution in [1.29, 1.82) is 0 Å². The maximum atomic E-state index is 12.5. The van der Waals surface area contributed by atoms with E-state index in [1.165, 1.54) is 18.4 Å². The van der Waals surface area contributed by atoms with Gasteiger partial charge in [0, 0.05) is 40.4 Å². The van der Waals surface area contributed by atoms with Crippen molar-refractivity contribution >= 4 is 28.3 Å². The third-order valence-electron chi connectivity index (χ3n) is 4.48. The average molecular weight is 392 g/mol. The summed E-state index contributed by atoms with van der Waals surface area (Å²) in [5, 5.41) is 2.91. The molecule has 3 N–H and O–H groups in total. The summed E-state index contributed by atoms with van der Waals surface area (Å²) < 4.78 is 30.5. The molecule has 0 bridgehead atoms. The molecule has 1 fully saturated rings. The van der Waals surface area contributed by atoms with Gasteiger partial charge in [-0.3, -0.25) is 4.79 Å². The van der Waals surface area contributed by atoms with Crippen molar-refractivity contribution in [3.8, 4) is 0 Å². The number of nitrogens with one attached hydrogen (secondary N) is 1. The number of benzene rings is 1. The third-order valence-corrected chi connectivity index (χ3v) is 6.31. The van der Waals surface area contributed by atoms with Gasteiger partial charge in [-0.2, -0.15) is 0 Å². The number of halogens is 1. The molecule has 9 heteroatoms. The summed E-state index contributed by atoms with van der Waals surface area (Å²) in [5.41, 5.74) is 6.09. The van der Waals surface area contributed by atoms with Gasteiger partial charge in [0.2, 0.25) is 15.9 Å². The van der Waals surface area contributed by atoms with Crippen molar-refractivity contribution in [2.45, 2.75) is 24.3 Å². The lowest BCUT2D eigenvalue weighted by Gasteiger charge is -2.34. The van der Waals surface area contributed by atoms with E-state index < -0.39 is 15.4 Å². The minimum Gasteiger partial charge on any atom is -0.381 e. The normalized spacial score (nSPS) is 17.0. The van der Waals surface area contributed by atoms with Crippen LogP contribution in [0.1, 0.15) is 18.4 Å². The van der Waals surface area contributed by atoms with Crippen LogP contribution >= 0.6 is 12.4 Å². The minimum absolute atomic E-state index is 0. The predicted octanol–water partition coefficient (Wildman–Crippen LogP) is 0.730. The summed E-state index contributed by atoms with van der Waals surface area (Å²) in [5.74, 6) is -0.0710. The smallest absolute Gasteiger partial charge is 0.242 e. The molecule has 0 aromatic heterocycles. The molecule has 142 valence electrons. The molecule has 25 heavy (non-hydrogen) atoms. The Hall–Kier alpha value is -1.19. The Morgan fingerprint density at radius 3 is 2.28 bits per heavy atom. The first-order chi connectivity index (χ1) is 11.3. The molecular weight excluding hydrogens is 366 g/mol. The molecule has 0 radical (unpaired) electrons. The van der Waals surface area contributed by atoms with E-state index >= 15 is 0 Å². The van der Waals surface area contributed by atoms with E-state index in [0.29, 0.717) is 39.1 Å². The van der Waals surface area contributed by atoms with Crippen LogP contribution in [-0.2, 0) is 26.1 Å². The van der Waals surface area contributed by atoms with Crippen LogP contribution in [0, 0.1) is 5.41 Å². The lowest BCUT2D eigenvalue weighted by molar-refractivity contribution is -0.136. The summed E-state index contributed by atoms with van der Waals surface area (Å²) in [6, 6.07) is 6.50. The lowest BCUT2D eigenvalue weighted by atomic mass is 9.79. The van der Waals surface area contributed by atoms with E-state index in [1.54, 1.807) is 24.3 Å². The van der Waals surface area contributed by atoms with Crippen LogP contribution in [-0.4, -0.2) is 52.5 Å². The number of hydrogen-bond acceptors (Lipinski definition) is 5. The van der Waals surface area contributed by atoms with E-state index in [9.17, 15) is 13.2 Å². The van der Waals surface area contributed by atoms with Crippen LogP contribution in [0.5, 0.6) is 0 Å². The maximum absolute atomic E-state index is 12.5. The molecule has 1 aliphatic heterocycles. The number of sulfonamides is 1. The molecule has 1 aromatic rings. The van der Waals surface area contributed by atoms with Gasteiger partial charge in [-0.15, -0.1) is 12.4 Å². The van der Waals surface area contributed by atoms with Gasteiger partial charge in [0.05, 0.1) is 10.3 Å². The van der Waals surface area contributed by atoms with Crippen molar-refractivity contribution < 1.29 is 17.9 Å². The van der Waals surface area contributed by atoms with Gasteiger partial charge in [0.1, 0.15) is 0 Å². The zero-order valence-electron chi connectivity index (χ0n) is 14.5. The number of carbonyl (C=O) groups is 1. The quantitative estimate of drug-likeness (QED) is 0.744. The molecule has 2 rings (SSSR count). The minimum atomic E-state index is -3.44. The van der Waals surface area contributed by atoms with Gasteiger partial charge < -0.3 is 15.8 Å². The Balaban J connectivity index is 0.00000312. The van der Waals surface area contributed by atoms with Crippen LogP contribution < -0.4 is 11.1 Å². The van der Waals surface area contributed by atoms with Crippen molar-refractivity contribution in [2.24, 2.45) is 11.1 Å². The highest BCUT2D eigenvalue weighted by molar-refractivity contribution is 7.89. The molecule has 7 nitrogen and oxygen atoms in total. The van der Waals surface area contributed by atoms with E-state index in [4.69, 9.17) is 10.5 Å². The Labute approximate surface area is 155 Å². The molecule has 0 atom stereocenters. The molecule has 1 amide bonds. The monoisotopic (exact) mass is 391 g/mol. The fraction of sp³-hybridized carbons (Fsp3) is 0.562. The molecule has 0 unspecified atom stereocenters. The summed E-state index contributed by atoms with van der Waals surface area (Å²) in [6.07, 6.45) is 1.24. The zero-order chi connectivity index (χ0) is 17.8. The molecule has 0 saturated carbocycles. The molecule has 1 aliphatic rings. The van der Waals surface area contributed by atoms with Crippen LogP contribution in [0.15, 0.2) is 29.2 Å². The van der Waals surface area contributed by atoms with E-state index in [0.717, 1.165) is 5.56 Å². The summed E-state index contributed by atoms with van der Waals surface area (Å²) >= 11 is 0. The lowest BCUT2D eigenvalue weighted by Crippen LogP contribution is -2.48. The summed E-state index contributed by atoms with van der Waals surface area (Å²) in [4.78, 5) is 12.7. The van der Waals surface area contributed by atoms with Gasteiger partial charge in [0.15, 0.2) is 0 Å². The van der Waals surface area contributed by atoms with Gasteiger partial charge >= 0.3 is 0 Å². The van der Waals surface area contributed by atoms with Crippen molar-refractivity contribution in [1.82, 2.24) is 9.62 Å². The van der Waals surface area contributed by atoms with Gasteiger partial charge in [-0.05, 0) is 30.5 Å². The molecule has 0 aliphatic carbocycles. The van der Waals surface area contributed by atoms with E-state index in [-0.39, 0.29) is 23.2 Å². The average Bonchev–Trinajstić information content (AvgIpc) is 2.60. The fourth-order valence-corrected chi connectivity index (χ4v) is 3.55. The van der Waals surface area contributed by atoms with Gasteiger partial charge in [0.25, 0.3) is 0 Å². The molecule has 0 spiro atoms. The Morgan fingerprint density at radius 2 is 1.80 bits per heavy atom. The van der Waals surface area contributed by atoms with Crippen molar-refractivity contribution in [2.75, 3.05) is 33.9 Å². The van der Waals surface area contributed by atoms with Crippen LogP contribution in [0.3, 0.4) is 0 Å². The second-order valence-corrected chi connectivity index (χ2v) is 8.36. The summed E-state index contributed by atoms with van der Waals surface area (Å²) in [7, 11) is -0.461. The van der Waals surface area contributed by atoms with Gasteiger partial charge in [-0.1, -0.05) is 12.1 Å². The van der Waals surface area contributed by atoms with Crippen LogP contribution in [0.2, 0.25) is 0 Å². The Morgan fingerprint density at radius 1 is 1.24 bits per heavy atom. The summed E-state index contributed by atoms with van der Waals surface area (Å²) in [6.45, 7) is 1.72. The standard InChI is InChI=1S/C16H25N3O4S.ClH/c1-19(2)24(21,22)14-5-3-13(4-6-14)11-18-15(20)16(12-17)7-9-23-10-8-16;/h3-6H,7-12,17H2,1-2H3,(H,18,20);1H.